The monoisotopic (exact) mass is 467 g/mol. The highest BCUT2D eigenvalue weighted by molar-refractivity contribution is 7.98. The van der Waals surface area contributed by atoms with Crippen molar-refractivity contribution in [2.24, 2.45) is 0 Å². The molecule has 3 heterocycles. The molecule has 0 amide bonds. The van der Waals surface area contributed by atoms with Gasteiger partial charge in [-0.1, -0.05) is 30.0 Å². The highest BCUT2D eigenvalue weighted by Gasteiger charge is 2.22. The van der Waals surface area contributed by atoms with Crippen LogP contribution in [0.4, 0.5) is 15.2 Å². The number of aromatic nitrogens is 4. The van der Waals surface area contributed by atoms with Crippen molar-refractivity contribution in [1.82, 2.24) is 19.7 Å². The van der Waals surface area contributed by atoms with Crippen LogP contribution in [0.25, 0.3) is 11.4 Å². The maximum absolute atomic E-state index is 13.4. The second-order valence-electron chi connectivity index (χ2n) is 7.48. The Balaban J connectivity index is 1.32. The van der Waals surface area contributed by atoms with Crippen LogP contribution in [-0.2, 0) is 17.0 Å². The van der Waals surface area contributed by atoms with Crippen LogP contribution in [0.5, 0.6) is 0 Å². The van der Waals surface area contributed by atoms with Crippen LogP contribution in [0.1, 0.15) is 18.5 Å². The number of anilines is 2. The van der Waals surface area contributed by atoms with Gasteiger partial charge in [0.2, 0.25) is 0 Å². The first-order chi connectivity index (χ1) is 15.7. The van der Waals surface area contributed by atoms with Gasteiger partial charge in [0.05, 0.1) is 18.3 Å². The van der Waals surface area contributed by atoms with Crippen LogP contribution >= 0.6 is 23.1 Å². The lowest BCUT2D eigenvalue weighted by atomic mass is 10.2. The molecule has 6 nitrogen and oxygen atoms in total. The predicted octanol–water partition coefficient (Wildman–Crippen LogP) is 5.76. The number of para-hydroxylation sites is 1. The number of halogens is 1. The molecule has 1 atom stereocenters. The Morgan fingerprint density at radius 3 is 2.75 bits per heavy atom. The summed E-state index contributed by atoms with van der Waals surface area (Å²) in [6, 6.07) is 16.4. The summed E-state index contributed by atoms with van der Waals surface area (Å²) in [6.07, 6.45) is 2.23. The second kappa shape index (κ2) is 9.81. The standard InChI is InChI=1S/C23H22FN5OS2/c24-17-10-8-16(9-11-17)21-27-28-23(29(21)13-20-7-4-12-30-20)32-15-19-14-31-22(26-19)25-18-5-2-1-3-6-18/h1-3,5-6,8-11,14,20H,4,7,12-13,15H2,(H,25,26). The fourth-order valence-electron chi connectivity index (χ4n) is 3.58. The second-order valence-corrected chi connectivity index (χ2v) is 9.28. The molecule has 32 heavy (non-hydrogen) atoms. The highest BCUT2D eigenvalue weighted by atomic mass is 32.2. The van der Waals surface area contributed by atoms with Crippen LogP contribution in [0.15, 0.2) is 65.1 Å². The highest BCUT2D eigenvalue weighted by Crippen LogP contribution is 2.30. The van der Waals surface area contributed by atoms with Gasteiger partial charge in [0, 0.05) is 29.0 Å². The summed E-state index contributed by atoms with van der Waals surface area (Å²) in [5.41, 5.74) is 2.83. The summed E-state index contributed by atoms with van der Waals surface area (Å²) in [5, 5.41) is 15.9. The minimum atomic E-state index is -0.267. The molecule has 1 N–H and O–H groups in total. The van der Waals surface area contributed by atoms with Crippen molar-refractivity contribution in [3.05, 3.63) is 71.5 Å². The number of rotatable bonds is 8. The van der Waals surface area contributed by atoms with E-state index in [9.17, 15) is 4.39 Å². The molecule has 0 saturated carbocycles. The molecule has 1 fully saturated rings. The molecule has 1 unspecified atom stereocenters. The zero-order chi connectivity index (χ0) is 21.8. The Labute approximate surface area is 193 Å². The van der Waals surface area contributed by atoms with E-state index >= 15 is 0 Å². The zero-order valence-corrected chi connectivity index (χ0v) is 18.9. The van der Waals surface area contributed by atoms with Gasteiger partial charge >= 0.3 is 0 Å². The van der Waals surface area contributed by atoms with Gasteiger partial charge in [-0.25, -0.2) is 9.37 Å². The average molecular weight is 468 g/mol. The topological polar surface area (TPSA) is 64.9 Å². The number of hydrogen-bond acceptors (Lipinski definition) is 7. The number of nitrogens with one attached hydrogen (secondary N) is 1. The van der Waals surface area contributed by atoms with Gasteiger partial charge in [0.1, 0.15) is 5.82 Å². The summed E-state index contributed by atoms with van der Waals surface area (Å²) in [7, 11) is 0. The summed E-state index contributed by atoms with van der Waals surface area (Å²) in [5.74, 6) is 1.14. The maximum Gasteiger partial charge on any atom is 0.191 e. The molecule has 0 spiro atoms. The van der Waals surface area contributed by atoms with Gasteiger partial charge in [-0.2, -0.15) is 0 Å². The van der Waals surface area contributed by atoms with Gasteiger partial charge < -0.3 is 10.1 Å². The lowest BCUT2D eigenvalue weighted by molar-refractivity contribution is 0.0953. The van der Waals surface area contributed by atoms with Gasteiger partial charge in [0.15, 0.2) is 16.1 Å². The van der Waals surface area contributed by atoms with E-state index in [0.717, 1.165) is 52.5 Å². The Morgan fingerprint density at radius 1 is 1.12 bits per heavy atom. The number of hydrogen-bond donors (Lipinski definition) is 1. The predicted molar refractivity (Wildman–Crippen MR) is 126 cm³/mol. The fourth-order valence-corrected chi connectivity index (χ4v) is 5.25. The smallest absolute Gasteiger partial charge is 0.191 e. The minimum absolute atomic E-state index is 0.144. The van der Waals surface area contributed by atoms with E-state index in [1.54, 1.807) is 35.2 Å². The molecule has 4 aromatic rings. The van der Waals surface area contributed by atoms with Gasteiger partial charge in [-0.05, 0) is 49.2 Å². The van der Waals surface area contributed by atoms with Crippen LogP contribution in [0.3, 0.4) is 0 Å². The number of ether oxygens (including phenoxy) is 1. The van der Waals surface area contributed by atoms with Gasteiger partial charge in [0.25, 0.3) is 0 Å². The van der Waals surface area contributed by atoms with Crippen LogP contribution in [-0.4, -0.2) is 32.5 Å². The lowest BCUT2D eigenvalue weighted by Gasteiger charge is -2.14. The first kappa shape index (κ1) is 21.1. The van der Waals surface area contributed by atoms with Crippen molar-refractivity contribution < 1.29 is 9.13 Å². The van der Waals surface area contributed by atoms with E-state index in [2.05, 4.69) is 25.5 Å². The molecular formula is C23H22FN5OS2. The molecule has 1 aliphatic heterocycles. The van der Waals surface area contributed by atoms with Crippen LogP contribution in [0, 0.1) is 5.82 Å². The number of thioether (sulfide) groups is 1. The molecule has 0 radical (unpaired) electrons. The number of thiazole rings is 1. The van der Waals surface area contributed by atoms with Crippen molar-refractivity contribution in [3.63, 3.8) is 0 Å². The summed E-state index contributed by atoms with van der Waals surface area (Å²) in [4.78, 5) is 4.69. The Hall–Kier alpha value is -2.75. The fraction of sp³-hybridized carbons (Fsp3) is 0.261. The van der Waals surface area contributed by atoms with E-state index in [1.165, 1.54) is 12.1 Å². The summed E-state index contributed by atoms with van der Waals surface area (Å²) in [6.45, 7) is 1.47. The molecule has 2 aromatic carbocycles. The Morgan fingerprint density at radius 2 is 1.97 bits per heavy atom. The van der Waals surface area contributed by atoms with Crippen molar-refractivity contribution in [2.45, 2.75) is 36.4 Å². The van der Waals surface area contributed by atoms with Gasteiger partial charge in [-0.3, -0.25) is 4.57 Å². The molecule has 1 aliphatic rings. The third kappa shape index (κ3) is 5.01. The van der Waals surface area contributed by atoms with Crippen molar-refractivity contribution >= 4 is 33.9 Å². The number of benzene rings is 2. The first-order valence-corrected chi connectivity index (χ1v) is 12.3. The van der Waals surface area contributed by atoms with Crippen LogP contribution in [0.2, 0.25) is 0 Å². The first-order valence-electron chi connectivity index (χ1n) is 10.4. The minimum Gasteiger partial charge on any atom is -0.376 e. The molecule has 2 aromatic heterocycles. The molecular weight excluding hydrogens is 445 g/mol. The molecule has 164 valence electrons. The summed E-state index contributed by atoms with van der Waals surface area (Å²) < 4.78 is 21.3. The van der Waals surface area contributed by atoms with E-state index in [4.69, 9.17) is 9.72 Å². The molecule has 0 bridgehead atoms. The van der Waals surface area contributed by atoms with Crippen LogP contribution < -0.4 is 5.32 Å². The molecule has 9 heteroatoms. The maximum atomic E-state index is 13.4. The normalized spacial score (nSPS) is 15.8. The molecule has 5 rings (SSSR count). The van der Waals surface area contributed by atoms with Crippen molar-refractivity contribution in [2.75, 3.05) is 11.9 Å². The van der Waals surface area contributed by atoms with Crippen molar-refractivity contribution in [3.8, 4) is 11.4 Å². The third-order valence-corrected chi connectivity index (χ3v) is 6.96. The number of nitrogens with zero attached hydrogens (tertiary/aromatic N) is 4. The SMILES string of the molecule is Fc1ccc(-c2nnc(SCc3csc(Nc4ccccc4)n3)n2CC2CCCO2)cc1. The quantitative estimate of drug-likeness (QED) is 0.333. The van der Waals surface area contributed by atoms with Crippen molar-refractivity contribution in [1.29, 1.82) is 0 Å². The Bertz CT molecular complexity index is 1160. The largest absolute Gasteiger partial charge is 0.376 e. The van der Waals surface area contributed by atoms with Gasteiger partial charge in [-0.15, -0.1) is 21.5 Å². The van der Waals surface area contributed by atoms with E-state index in [1.807, 2.05) is 30.3 Å². The third-order valence-electron chi connectivity index (χ3n) is 5.16. The molecule has 0 aliphatic carbocycles. The zero-order valence-electron chi connectivity index (χ0n) is 17.3. The lowest BCUT2D eigenvalue weighted by Crippen LogP contribution is -2.16. The van der Waals surface area contributed by atoms with E-state index < -0.39 is 0 Å². The summed E-state index contributed by atoms with van der Waals surface area (Å²) >= 11 is 3.18. The Kier molecular flexibility index (Phi) is 6.47. The molecule has 1 saturated heterocycles. The van der Waals surface area contributed by atoms with E-state index in [-0.39, 0.29) is 11.9 Å². The van der Waals surface area contributed by atoms with E-state index in [0.29, 0.717) is 12.3 Å². The average Bonchev–Trinajstić information content (AvgIpc) is 3.56.